The third-order valence-corrected chi connectivity index (χ3v) is 6.85. The second-order valence-electron chi connectivity index (χ2n) is 9.03. The number of methoxy groups -OCH3 is 3. The zero-order valence-electron chi connectivity index (χ0n) is 21.9. The van der Waals surface area contributed by atoms with E-state index in [1.165, 1.54) is 7.11 Å². The number of nitrogens with one attached hydrogen (secondary N) is 1. The van der Waals surface area contributed by atoms with Crippen molar-refractivity contribution in [3.63, 3.8) is 0 Å². The molecule has 1 saturated heterocycles. The van der Waals surface area contributed by atoms with E-state index in [2.05, 4.69) is 14.8 Å². The van der Waals surface area contributed by atoms with Crippen molar-refractivity contribution in [1.29, 1.82) is 0 Å². The molecule has 3 aromatic rings. The standard InChI is InChI=1S/C28H35N3O6/c1-19-25(27(32)29-23(28(33)36-4)16-20-8-6-5-7-9-20)22-17-21(34-2)18-24(35-3)26(22)31(19)11-10-30-12-14-37-15-13-30/h5-9,17-18,23H,10-16H2,1-4H3,(H,29,32). The van der Waals surface area contributed by atoms with Crippen LogP contribution >= 0.6 is 0 Å². The molecule has 0 aliphatic carbocycles. The fraction of sp³-hybridized carbons (Fsp3) is 0.429. The maximum Gasteiger partial charge on any atom is 0.328 e. The molecule has 1 atom stereocenters. The van der Waals surface area contributed by atoms with Gasteiger partial charge in [0.05, 0.1) is 45.6 Å². The van der Waals surface area contributed by atoms with Gasteiger partial charge < -0.3 is 28.8 Å². The van der Waals surface area contributed by atoms with Crippen molar-refractivity contribution in [1.82, 2.24) is 14.8 Å². The Labute approximate surface area is 217 Å². The molecule has 0 saturated carbocycles. The van der Waals surface area contributed by atoms with Gasteiger partial charge >= 0.3 is 5.97 Å². The molecule has 0 spiro atoms. The highest BCUT2D eigenvalue weighted by molar-refractivity contribution is 6.11. The van der Waals surface area contributed by atoms with Crippen LogP contribution in [0.2, 0.25) is 0 Å². The molecule has 1 aromatic heterocycles. The van der Waals surface area contributed by atoms with Gasteiger partial charge in [-0.1, -0.05) is 30.3 Å². The molecule has 0 radical (unpaired) electrons. The van der Waals surface area contributed by atoms with Crippen LogP contribution in [0.3, 0.4) is 0 Å². The molecular formula is C28H35N3O6. The topological polar surface area (TPSA) is 91.3 Å². The molecule has 0 bridgehead atoms. The molecule has 1 amide bonds. The van der Waals surface area contributed by atoms with E-state index in [-0.39, 0.29) is 5.91 Å². The number of aromatic nitrogens is 1. The summed E-state index contributed by atoms with van der Waals surface area (Å²) in [6.07, 6.45) is 0.320. The van der Waals surface area contributed by atoms with Crippen molar-refractivity contribution >= 4 is 22.8 Å². The summed E-state index contributed by atoms with van der Waals surface area (Å²) in [7, 11) is 4.51. The van der Waals surface area contributed by atoms with Crippen LogP contribution in [0.25, 0.3) is 10.9 Å². The van der Waals surface area contributed by atoms with E-state index < -0.39 is 12.0 Å². The van der Waals surface area contributed by atoms with Crippen LogP contribution < -0.4 is 14.8 Å². The van der Waals surface area contributed by atoms with E-state index in [1.54, 1.807) is 14.2 Å². The molecule has 2 aromatic carbocycles. The fourth-order valence-electron chi connectivity index (χ4n) is 4.87. The van der Waals surface area contributed by atoms with Gasteiger partial charge in [0.15, 0.2) is 0 Å². The number of rotatable bonds is 10. The monoisotopic (exact) mass is 509 g/mol. The van der Waals surface area contributed by atoms with Crippen LogP contribution in [-0.4, -0.2) is 81.6 Å². The minimum atomic E-state index is -0.835. The first-order valence-corrected chi connectivity index (χ1v) is 12.4. The Bertz CT molecular complexity index is 1230. The number of morpholine rings is 1. The van der Waals surface area contributed by atoms with E-state index >= 15 is 0 Å². The van der Waals surface area contributed by atoms with Crippen molar-refractivity contribution in [3.8, 4) is 11.5 Å². The fourth-order valence-corrected chi connectivity index (χ4v) is 4.87. The Balaban J connectivity index is 1.71. The van der Waals surface area contributed by atoms with Crippen LogP contribution in [0, 0.1) is 6.92 Å². The normalized spacial score (nSPS) is 14.8. The van der Waals surface area contributed by atoms with Crippen LogP contribution in [0.15, 0.2) is 42.5 Å². The minimum Gasteiger partial charge on any atom is -0.497 e. The summed E-state index contributed by atoms with van der Waals surface area (Å²) in [6.45, 7) is 6.58. The summed E-state index contributed by atoms with van der Waals surface area (Å²) in [5, 5.41) is 3.63. The lowest BCUT2D eigenvalue weighted by molar-refractivity contribution is -0.142. The number of benzene rings is 2. The van der Waals surface area contributed by atoms with Gasteiger partial charge in [0.25, 0.3) is 5.91 Å². The number of nitrogens with zero attached hydrogens (tertiary/aromatic N) is 2. The maximum absolute atomic E-state index is 13.8. The number of fused-ring (bicyclic) bond motifs is 1. The minimum absolute atomic E-state index is 0.320. The first-order valence-electron chi connectivity index (χ1n) is 12.4. The summed E-state index contributed by atoms with van der Waals surface area (Å²) < 4.78 is 23.8. The Morgan fingerprint density at radius 1 is 1.03 bits per heavy atom. The van der Waals surface area contributed by atoms with Crippen molar-refractivity contribution in [2.24, 2.45) is 0 Å². The molecule has 1 aliphatic rings. The average Bonchev–Trinajstić information content (AvgIpc) is 3.22. The smallest absolute Gasteiger partial charge is 0.328 e. The largest absolute Gasteiger partial charge is 0.497 e. The molecule has 37 heavy (non-hydrogen) atoms. The van der Waals surface area contributed by atoms with E-state index in [1.807, 2.05) is 49.4 Å². The van der Waals surface area contributed by atoms with Crippen molar-refractivity contribution in [3.05, 3.63) is 59.3 Å². The predicted molar refractivity (Wildman–Crippen MR) is 140 cm³/mol. The zero-order valence-corrected chi connectivity index (χ0v) is 21.9. The lowest BCUT2D eigenvalue weighted by Crippen LogP contribution is -2.43. The molecule has 198 valence electrons. The lowest BCUT2D eigenvalue weighted by atomic mass is 10.0. The number of hydrogen-bond acceptors (Lipinski definition) is 7. The third kappa shape index (κ3) is 5.89. The van der Waals surface area contributed by atoms with Gasteiger partial charge in [-0.05, 0) is 18.6 Å². The molecule has 9 nitrogen and oxygen atoms in total. The quantitative estimate of drug-likeness (QED) is 0.420. The zero-order chi connectivity index (χ0) is 26.4. The lowest BCUT2D eigenvalue weighted by Gasteiger charge is -2.27. The second kappa shape index (κ2) is 12.1. The summed E-state index contributed by atoms with van der Waals surface area (Å²) >= 11 is 0. The van der Waals surface area contributed by atoms with Crippen molar-refractivity contribution in [2.45, 2.75) is 25.9 Å². The molecule has 9 heteroatoms. The third-order valence-electron chi connectivity index (χ3n) is 6.85. The number of carbonyl (C=O) groups excluding carboxylic acids is 2. The first-order chi connectivity index (χ1) is 18.0. The number of carbonyl (C=O) groups is 2. The highest BCUT2D eigenvalue weighted by Gasteiger charge is 2.28. The molecule has 1 unspecified atom stereocenters. The average molecular weight is 510 g/mol. The van der Waals surface area contributed by atoms with Gasteiger partial charge in [0.2, 0.25) is 0 Å². The Hall–Kier alpha value is -3.56. The summed E-state index contributed by atoms with van der Waals surface area (Å²) in [5.74, 6) is 0.347. The second-order valence-corrected chi connectivity index (χ2v) is 9.03. The van der Waals surface area contributed by atoms with E-state index in [4.69, 9.17) is 18.9 Å². The van der Waals surface area contributed by atoms with Crippen molar-refractivity contribution < 1.29 is 28.5 Å². The van der Waals surface area contributed by atoms with Crippen LogP contribution in [0.4, 0.5) is 0 Å². The molecule has 2 heterocycles. The maximum atomic E-state index is 13.8. The molecule has 1 N–H and O–H groups in total. The van der Waals surface area contributed by atoms with Crippen LogP contribution in [-0.2, 0) is 27.2 Å². The molecule has 1 aliphatic heterocycles. The van der Waals surface area contributed by atoms with Gasteiger partial charge in [0, 0.05) is 49.7 Å². The number of amides is 1. The summed E-state index contributed by atoms with van der Waals surface area (Å²) in [6, 6.07) is 12.4. The van der Waals surface area contributed by atoms with E-state index in [9.17, 15) is 9.59 Å². The summed E-state index contributed by atoms with van der Waals surface area (Å²) in [5.41, 5.74) is 3.01. The number of esters is 1. The van der Waals surface area contributed by atoms with Crippen LogP contribution in [0.5, 0.6) is 11.5 Å². The highest BCUT2D eigenvalue weighted by atomic mass is 16.5. The van der Waals surface area contributed by atoms with Gasteiger partial charge in [-0.3, -0.25) is 9.69 Å². The Morgan fingerprint density at radius 3 is 2.41 bits per heavy atom. The molecule has 4 rings (SSSR count). The van der Waals surface area contributed by atoms with Gasteiger partial charge in [-0.15, -0.1) is 0 Å². The van der Waals surface area contributed by atoms with Crippen LogP contribution in [0.1, 0.15) is 21.6 Å². The SMILES string of the molecule is COC(=O)C(Cc1ccccc1)NC(=O)c1c(C)n(CCN2CCOCC2)c2c(OC)cc(OC)cc12. The molecule has 1 fully saturated rings. The predicted octanol–water partition coefficient (Wildman–Crippen LogP) is 2.81. The van der Waals surface area contributed by atoms with Gasteiger partial charge in [0.1, 0.15) is 17.5 Å². The summed E-state index contributed by atoms with van der Waals surface area (Å²) in [4.78, 5) is 28.7. The van der Waals surface area contributed by atoms with Gasteiger partial charge in [-0.25, -0.2) is 4.79 Å². The Morgan fingerprint density at radius 2 is 1.76 bits per heavy atom. The molecular weight excluding hydrogens is 474 g/mol. The first kappa shape index (κ1) is 26.5. The van der Waals surface area contributed by atoms with E-state index in [0.29, 0.717) is 35.4 Å². The number of hydrogen-bond donors (Lipinski definition) is 1. The van der Waals surface area contributed by atoms with Crippen molar-refractivity contribution in [2.75, 3.05) is 54.2 Å². The van der Waals surface area contributed by atoms with Gasteiger partial charge in [-0.2, -0.15) is 0 Å². The number of ether oxygens (including phenoxy) is 4. The van der Waals surface area contributed by atoms with E-state index in [0.717, 1.165) is 49.6 Å². The highest BCUT2D eigenvalue weighted by Crippen LogP contribution is 2.37. The Kier molecular flexibility index (Phi) is 8.68.